The summed E-state index contributed by atoms with van der Waals surface area (Å²) >= 11 is 0. The van der Waals surface area contributed by atoms with Gasteiger partial charge >= 0.3 is 18.3 Å². The fraction of sp³-hybridized carbons (Fsp3) is 0.394. The lowest BCUT2D eigenvalue weighted by molar-refractivity contribution is -0.223. The second-order valence-corrected chi connectivity index (χ2v) is 11.1. The van der Waals surface area contributed by atoms with Gasteiger partial charge in [-0.15, -0.1) is 0 Å². The van der Waals surface area contributed by atoms with E-state index in [0.29, 0.717) is 43.7 Å². The maximum atomic E-state index is 14.9. The average Bonchev–Trinajstić information content (AvgIpc) is 2.96. The van der Waals surface area contributed by atoms with Gasteiger partial charge in [-0.3, -0.25) is 0 Å². The average molecular weight is 665 g/mol. The predicted molar refractivity (Wildman–Crippen MR) is 149 cm³/mol. The molecule has 4 rings (SSSR count). The zero-order valence-corrected chi connectivity index (χ0v) is 24.5. The van der Waals surface area contributed by atoms with Crippen molar-refractivity contribution in [2.75, 3.05) is 0 Å². The molecule has 1 fully saturated rings. The van der Waals surface area contributed by atoms with Crippen LogP contribution in [-0.4, -0.2) is 6.11 Å². The quantitative estimate of drug-likeness (QED) is 0.103. The van der Waals surface area contributed by atoms with Crippen LogP contribution in [0.15, 0.2) is 60.9 Å². The van der Waals surface area contributed by atoms with Crippen LogP contribution < -0.4 is 14.2 Å². The predicted octanol–water partition coefficient (Wildman–Crippen LogP) is 11.5. The summed E-state index contributed by atoms with van der Waals surface area (Å²) in [5.74, 6) is -10.3. The Morgan fingerprint density at radius 2 is 1.33 bits per heavy atom. The van der Waals surface area contributed by atoms with Crippen molar-refractivity contribution in [2.45, 2.75) is 70.5 Å². The number of alkyl halides is 4. The standard InChI is InChI=1S/C33H30F10O3/c1-2-3-4-5-19-6-10-22(11-7-19)32(40,41)45-23-12-8-20(9-13-23)21-14-25(34)30(26(35)15-21)33(42,43)46-24-16-27(36)31(28(37)17-24)44-18-29(38)39/h8-9,12-19,22H,2-7,10-11H2,1H3. The van der Waals surface area contributed by atoms with Gasteiger partial charge in [0.25, 0.3) is 0 Å². The van der Waals surface area contributed by atoms with Crippen molar-refractivity contribution in [2.24, 2.45) is 11.8 Å². The van der Waals surface area contributed by atoms with Crippen molar-refractivity contribution >= 4 is 0 Å². The zero-order valence-electron chi connectivity index (χ0n) is 24.5. The van der Waals surface area contributed by atoms with Crippen molar-refractivity contribution in [3.8, 4) is 28.4 Å². The molecule has 0 radical (unpaired) electrons. The molecule has 0 heterocycles. The number of hydrogen-bond acceptors (Lipinski definition) is 3. The molecule has 0 saturated heterocycles. The number of halogens is 10. The summed E-state index contributed by atoms with van der Waals surface area (Å²) in [7, 11) is 0. The second kappa shape index (κ2) is 14.7. The molecule has 1 saturated carbocycles. The molecule has 3 aromatic carbocycles. The number of rotatable bonds is 13. The monoisotopic (exact) mass is 664 g/mol. The number of hydrogen-bond donors (Lipinski definition) is 0. The SMILES string of the molecule is CCCCCC1CCC(C(F)(F)Oc2ccc(-c3cc(F)c(C(F)(F)Oc4cc(F)c(OC=C(F)F)c(F)c4)c(F)c3)cc2)CC1. The first-order valence-electron chi connectivity index (χ1n) is 14.6. The maximum Gasteiger partial charge on any atom is 0.432 e. The minimum atomic E-state index is -4.79. The molecule has 0 amide bonds. The molecule has 0 unspecified atom stereocenters. The first-order chi connectivity index (χ1) is 21.7. The third kappa shape index (κ3) is 8.67. The van der Waals surface area contributed by atoms with Crippen LogP contribution in [0.3, 0.4) is 0 Å². The Labute approximate surface area is 258 Å². The summed E-state index contributed by atoms with van der Waals surface area (Å²) < 4.78 is 155. The highest BCUT2D eigenvalue weighted by atomic mass is 19.3. The normalized spacial score (nSPS) is 17.0. The summed E-state index contributed by atoms with van der Waals surface area (Å²) in [6.45, 7) is 2.10. The van der Waals surface area contributed by atoms with Crippen LogP contribution in [0.4, 0.5) is 43.9 Å². The Hall–Kier alpha value is -3.90. The third-order valence-corrected chi connectivity index (χ3v) is 7.80. The van der Waals surface area contributed by atoms with Crippen molar-refractivity contribution in [3.05, 3.63) is 89.7 Å². The zero-order chi connectivity index (χ0) is 33.6. The molecular formula is C33H30F10O3. The van der Waals surface area contributed by atoms with Crippen LogP contribution in [0.25, 0.3) is 11.1 Å². The fourth-order valence-corrected chi connectivity index (χ4v) is 5.45. The minimum absolute atomic E-state index is 0.0790. The molecular weight excluding hydrogens is 634 g/mol. The van der Waals surface area contributed by atoms with E-state index in [1.807, 2.05) is 0 Å². The second-order valence-electron chi connectivity index (χ2n) is 11.1. The van der Waals surface area contributed by atoms with E-state index in [1.165, 1.54) is 12.1 Å². The Kier molecular flexibility index (Phi) is 11.2. The topological polar surface area (TPSA) is 27.7 Å². The lowest BCUT2D eigenvalue weighted by Gasteiger charge is -2.33. The summed E-state index contributed by atoms with van der Waals surface area (Å²) in [5.41, 5.74) is -2.05. The largest absolute Gasteiger partial charge is 0.453 e. The van der Waals surface area contributed by atoms with Crippen LogP contribution in [0.1, 0.15) is 63.9 Å². The summed E-state index contributed by atoms with van der Waals surface area (Å²) in [4.78, 5) is 0. The van der Waals surface area contributed by atoms with Gasteiger partial charge in [0.15, 0.2) is 23.6 Å². The summed E-state index contributed by atoms with van der Waals surface area (Å²) in [6, 6.07) is 6.13. The molecule has 0 aromatic heterocycles. The molecule has 0 spiro atoms. The van der Waals surface area contributed by atoms with E-state index in [0.717, 1.165) is 37.8 Å². The highest BCUT2D eigenvalue weighted by Crippen LogP contribution is 2.42. The van der Waals surface area contributed by atoms with Crippen LogP contribution in [0.5, 0.6) is 17.2 Å². The lowest BCUT2D eigenvalue weighted by Crippen LogP contribution is -2.37. The maximum absolute atomic E-state index is 14.9. The Morgan fingerprint density at radius 3 is 1.87 bits per heavy atom. The van der Waals surface area contributed by atoms with Crippen molar-refractivity contribution in [1.29, 1.82) is 0 Å². The molecule has 250 valence electrons. The van der Waals surface area contributed by atoms with Gasteiger partial charge in [-0.1, -0.05) is 44.7 Å². The Balaban J connectivity index is 1.44. The molecule has 3 nitrogen and oxygen atoms in total. The van der Waals surface area contributed by atoms with Gasteiger partial charge in [-0.2, -0.15) is 26.3 Å². The first-order valence-corrected chi connectivity index (χ1v) is 14.6. The summed E-state index contributed by atoms with van der Waals surface area (Å²) in [5, 5.41) is 0. The highest BCUT2D eigenvalue weighted by Gasteiger charge is 2.44. The van der Waals surface area contributed by atoms with Crippen molar-refractivity contribution < 1.29 is 58.1 Å². The lowest BCUT2D eigenvalue weighted by atomic mass is 9.79. The molecule has 0 bridgehead atoms. The molecule has 0 aliphatic heterocycles. The van der Waals surface area contributed by atoms with E-state index in [4.69, 9.17) is 4.74 Å². The number of ether oxygens (including phenoxy) is 3. The van der Waals surface area contributed by atoms with Gasteiger partial charge in [0.1, 0.15) is 28.7 Å². The van der Waals surface area contributed by atoms with E-state index in [-0.39, 0.29) is 35.3 Å². The molecule has 1 aliphatic carbocycles. The number of benzene rings is 3. The van der Waals surface area contributed by atoms with Crippen LogP contribution in [0.2, 0.25) is 0 Å². The molecule has 3 aromatic rings. The van der Waals surface area contributed by atoms with E-state index in [1.54, 1.807) is 0 Å². The molecule has 1 aliphatic rings. The smallest absolute Gasteiger partial charge is 0.432 e. The molecule has 46 heavy (non-hydrogen) atoms. The highest BCUT2D eigenvalue weighted by molar-refractivity contribution is 5.65. The van der Waals surface area contributed by atoms with E-state index < -0.39 is 64.5 Å². The van der Waals surface area contributed by atoms with Gasteiger partial charge < -0.3 is 14.2 Å². The van der Waals surface area contributed by atoms with Crippen LogP contribution >= 0.6 is 0 Å². The van der Waals surface area contributed by atoms with Gasteiger partial charge in [-0.05, 0) is 67.0 Å². The van der Waals surface area contributed by atoms with E-state index in [9.17, 15) is 43.9 Å². The van der Waals surface area contributed by atoms with E-state index in [2.05, 4.69) is 16.4 Å². The Bertz CT molecular complexity index is 1470. The first kappa shape index (κ1) is 35.0. The Morgan fingerprint density at radius 1 is 0.739 bits per heavy atom. The molecule has 0 atom stereocenters. The van der Waals surface area contributed by atoms with Crippen LogP contribution in [0, 0.1) is 35.1 Å². The van der Waals surface area contributed by atoms with Gasteiger partial charge in [0, 0.05) is 12.1 Å². The molecule has 13 heteroatoms. The third-order valence-electron chi connectivity index (χ3n) is 7.80. The van der Waals surface area contributed by atoms with Gasteiger partial charge in [0.05, 0.1) is 5.92 Å². The van der Waals surface area contributed by atoms with E-state index >= 15 is 0 Å². The molecule has 0 N–H and O–H groups in total. The van der Waals surface area contributed by atoms with Crippen molar-refractivity contribution in [3.63, 3.8) is 0 Å². The number of unbranched alkanes of at least 4 members (excludes halogenated alkanes) is 2. The van der Waals surface area contributed by atoms with Crippen LogP contribution in [-0.2, 0) is 6.11 Å². The van der Waals surface area contributed by atoms with Gasteiger partial charge in [-0.25, -0.2) is 17.6 Å². The summed E-state index contributed by atoms with van der Waals surface area (Å²) in [6.07, 6.45) is -4.62. The van der Waals surface area contributed by atoms with Gasteiger partial charge in [0.2, 0.25) is 0 Å². The van der Waals surface area contributed by atoms with Crippen molar-refractivity contribution in [1.82, 2.24) is 0 Å². The minimum Gasteiger partial charge on any atom is -0.453 e. The fourth-order valence-electron chi connectivity index (χ4n) is 5.45.